The molecule has 0 aromatic heterocycles. The summed E-state index contributed by atoms with van der Waals surface area (Å²) in [5, 5.41) is 9.60. The molecule has 0 aliphatic carbocycles. The van der Waals surface area contributed by atoms with E-state index in [1.807, 2.05) is 27.2 Å². The fourth-order valence-electron chi connectivity index (χ4n) is 5.10. The van der Waals surface area contributed by atoms with Crippen LogP contribution in [0.1, 0.15) is 142 Å². The molecule has 0 heterocycles. The monoisotopic (exact) mass is 747 g/mol. The first-order valence-corrected chi connectivity index (χ1v) is 20.5. The van der Waals surface area contributed by atoms with E-state index < -0.39 is 24.3 Å². The van der Waals surface area contributed by atoms with Crippen LogP contribution in [0.5, 0.6) is 0 Å². The van der Waals surface area contributed by atoms with Gasteiger partial charge in [0.2, 0.25) is 0 Å². The van der Waals surface area contributed by atoms with Crippen LogP contribution >= 0.6 is 0 Å². The van der Waals surface area contributed by atoms with Crippen molar-refractivity contribution in [1.82, 2.24) is 0 Å². The van der Waals surface area contributed by atoms with Gasteiger partial charge in [-0.3, -0.25) is 9.59 Å². The summed E-state index contributed by atoms with van der Waals surface area (Å²) in [7, 11) is 5.92. The number of carbonyl (C=O) groups is 3. The number of rotatable bonds is 36. The van der Waals surface area contributed by atoms with Crippen LogP contribution in [0.15, 0.2) is 60.8 Å². The minimum atomic E-state index is -1.52. The Morgan fingerprint density at radius 3 is 1.58 bits per heavy atom. The second kappa shape index (κ2) is 36.0. The molecule has 9 nitrogen and oxygen atoms in total. The summed E-state index contributed by atoms with van der Waals surface area (Å²) in [5.74, 6) is -2.10. The minimum absolute atomic E-state index is 0.175. The van der Waals surface area contributed by atoms with Gasteiger partial charge in [0.05, 0.1) is 34.4 Å². The summed E-state index contributed by atoms with van der Waals surface area (Å²) in [5.41, 5.74) is 0. The molecule has 0 aromatic carbocycles. The predicted molar refractivity (Wildman–Crippen MR) is 216 cm³/mol. The number of allylic oxidation sites excluding steroid dienone is 10. The molecule has 0 bridgehead atoms. The van der Waals surface area contributed by atoms with E-state index in [1.165, 1.54) is 51.4 Å². The van der Waals surface area contributed by atoms with Crippen molar-refractivity contribution in [1.29, 1.82) is 0 Å². The Labute approximate surface area is 323 Å². The van der Waals surface area contributed by atoms with Crippen molar-refractivity contribution in [2.45, 2.75) is 155 Å². The van der Waals surface area contributed by atoms with Gasteiger partial charge in [-0.25, -0.2) is 4.79 Å². The van der Waals surface area contributed by atoms with Gasteiger partial charge in [0.15, 0.2) is 6.10 Å². The lowest BCUT2D eigenvalue weighted by atomic mass is 10.1. The van der Waals surface area contributed by atoms with E-state index in [1.54, 1.807) is 0 Å². The molecule has 0 amide bonds. The van der Waals surface area contributed by atoms with E-state index in [0.717, 1.165) is 57.8 Å². The maximum Gasteiger partial charge on any atom is 0.361 e. The van der Waals surface area contributed by atoms with Crippen molar-refractivity contribution in [3.63, 3.8) is 0 Å². The first-order valence-electron chi connectivity index (χ1n) is 20.5. The topological polar surface area (TPSA) is 108 Å². The zero-order valence-corrected chi connectivity index (χ0v) is 34.2. The highest BCUT2D eigenvalue weighted by atomic mass is 16.7. The Bertz CT molecular complexity index is 1060. The molecule has 2 unspecified atom stereocenters. The molecule has 0 aliphatic rings. The Morgan fingerprint density at radius 1 is 0.585 bits per heavy atom. The lowest BCUT2D eigenvalue weighted by molar-refractivity contribution is -0.870. The number of aliphatic carboxylic acids is 1. The van der Waals surface area contributed by atoms with Crippen LogP contribution in [0.25, 0.3) is 0 Å². The Balaban J connectivity index is 4.62. The van der Waals surface area contributed by atoms with Crippen molar-refractivity contribution in [2.24, 2.45) is 0 Å². The number of carbonyl (C=O) groups excluding carboxylic acids is 2. The van der Waals surface area contributed by atoms with Gasteiger partial charge in [0.25, 0.3) is 6.29 Å². The minimum Gasteiger partial charge on any atom is -0.477 e. The van der Waals surface area contributed by atoms with Crippen molar-refractivity contribution >= 4 is 17.9 Å². The van der Waals surface area contributed by atoms with Crippen molar-refractivity contribution in [3.8, 4) is 0 Å². The second-order valence-electron chi connectivity index (χ2n) is 14.6. The maximum absolute atomic E-state index is 12.7. The third-order valence-corrected chi connectivity index (χ3v) is 8.29. The molecule has 0 aromatic rings. The van der Waals surface area contributed by atoms with E-state index in [2.05, 4.69) is 68.5 Å². The largest absolute Gasteiger partial charge is 0.477 e. The Kier molecular flexibility index (Phi) is 33.9. The van der Waals surface area contributed by atoms with Crippen LogP contribution in [0.2, 0.25) is 0 Å². The molecular weight excluding hydrogens is 670 g/mol. The van der Waals surface area contributed by atoms with Gasteiger partial charge in [0, 0.05) is 12.8 Å². The number of hydrogen-bond donors (Lipinski definition) is 1. The standard InChI is InChI=1S/C44H75NO8/c1-6-8-10-12-14-16-18-19-20-21-22-23-25-27-29-31-33-35-42(47)53-40(39-52-44(43(48)49)50-37-36-45(3,4)5)38-51-41(46)34-32-30-28-26-24-17-15-13-11-9-7-2/h8,10,14,16,19-20,22-23,27,29,40,44H,6-7,9,11-13,15,17-18,21,24-26,28,30-39H2,1-5H3/p+1/b10-8-,16-14-,20-19-,23-22-,29-27-. The number of likely N-dealkylation sites (N-methyl/N-ethyl adjacent to an activating group) is 1. The smallest absolute Gasteiger partial charge is 0.361 e. The normalized spacial score (nSPS) is 13.6. The SMILES string of the molecule is CC/C=C\C/C=C\C/C=C\C/C=C\C/C=C\CCCC(=O)OC(COC(=O)CCCCCCCCCCCCC)COC(OCC[N+](C)(C)C)C(=O)O. The second-order valence-corrected chi connectivity index (χ2v) is 14.6. The Hall–Kier alpha value is -3.01. The van der Waals surface area contributed by atoms with Crippen LogP contribution in [0, 0.1) is 0 Å². The number of hydrogen-bond acceptors (Lipinski definition) is 7. The summed E-state index contributed by atoms with van der Waals surface area (Å²) in [6.45, 7) is 4.65. The first kappa shape index (κ1) is 50.0. The van der Waals surface area contributed by atoms with E-state index in [-0.39, 0.29) is 38.6 Å². The van der Waals surface area contributed by atoms with Gasteiger partial charge in [-0.1, -0.05) is 139 Å². The lowest BCUT2D eigenvalue weighted by Crippen LogP contribution is -2.40. The number of nitrogens with zero attached hydrogens (tertiary/aromatic N) is 1. The van der Waals surface area contributed by atoms with Gasteiger partial charge in [-0.15, -0.1) is 0 Å². The first-order chi connectivity index (χ1) is 25.6. The van der Waals surface area contributed by atoms with Crippen LogP contribution in [-0.2, 0) is 33.3 Å². The molecule has 9 heteroatoms. The van der Waals surface area contributed by atoms with Crippen LogP contribution in [-0.4, -0.2) is 87.4 Å². The van der Waals surface area contributed by atoms with Crippen molar-refractivity contribution in [3.05, 3.63) is 60.8 Å². The number of carboxylic acid groups (broad SMARTS) is 1. The summed E-state index contributed by atoms with van der Waals surface area (Å²) >= 11 is 0. The fourth-order valence-corrected chi connectivity index (χ4v) is 5.10. The average molecular weight is 747 g/mol. The molecular formula is C44H76NO8+. The summed E-state index contributed by atoms with van der Waals surface area (Å²) < 4.78 is 22.6. The Morgan fingerprint density at radius 2 is 1.08 bits per heavy atom. The quantitative estimate of drug-likeness (QED) is 0.0222. The number of ether oxygens (including phenoxy) is 4. The number of esters is 2. The zero-order valence-electron chi connectivity index (χ0n) is 34.2. The van der Waals surface area contributed by atoms with Crippen molar-refractivity contribution in [2.75, 3.05) is 47.5 Å². The van der Waals surface area contributed by atoms with E-state index in [4.69, 9.17) is 18.9 Å². The van der Waals surface area contributed by atoms with Crippen LogP contribution in [0.4, 0.5) is 0 Å². The van der Waals surface area contributed by atoms with Gasteiger partial charge in [-0.2, -0.15) is 0 Å². The molecule has 2 atom stereocenters. The molecule has 1 N–H and O–H groups in total. The van der Waals surface area contributed by atoms with Crippen LogP contribution in [0.3, 0.4) is 0 Å². The third kappa shape index (κ3) is 37.1. The van der Waals surface area contributed by atoms with E-state index >= 15 is 0 Å². The number of quaternary nitrogens is 1. The molecule has 0 rings (SSSR count). The van der Waals surface area contributed by atoms with Gasteiger partial charge < -0.3 is 28.5 Å². The molecule has 0 aliphatic heterocycles. The molecule has 0 spiro atoms. The van der Waals surface area contributed by atoms with Gasteiger partial charge in [-0.05, 0) is 51.4 Å². The third-order valence-electron chi connectivity index (χ3n) is 8.29. The van der Waals surface area contributed by atoms with Crippen LogP contribution < -0.4 is 0 Å². The summed E-state index contributed by atoms with van der Waals surface area (Å²) in [6.07, 6.45) is 38.6. The van der Waals surface area contributed by atoms with Gasteiger partial charge >= 0.3 is 17.9 Å². The van der Waals surface area contributed by atoms with E-state index in [9.17, 15) is 19.5 Å². The highest BCUT2D eigenvalue weighted by Gasteiger charge is 2.25. The lowest BCUT2D eigenvalue weighted by Gasteiger charge is -2.25. The van der Waals surface area contributed by atoms with Gasteiger partial charge in [0.1, 0.15) is 13.2 Å². The molecule has 0 radical (unpaired) electrons. The highest BCUT2D eigenvalue weighted by molar-refractivity contribution is 5.71. The highest BCUT2D eigenvalue weighted by Crippen LogP contribution is 2.13. The summed E-state index contributed by atoms with van der Waals surface area (Å²) in [4.78, 5) is 36.9. The maximum atomic E-state index is 12.7. The van der Waals surface area contributed by atoms with Crippen molar-refractivity contribution < 1.29 is 42.9 Å². The number of unbranched alkanes of at least 4 members (excludes halogenated alkanes) is 11. The molecule has 0 saturated heterocycles. The summed E-state index contributed by atoms with van der Waals surface area (Å²) in [6, 6.07) is 0. The predicted octanol–water partition coefficient (Wildman–Crippen LogP) is 10.2. The fraction of sp³-hybridized carbons (Fsp3) is 0.705. The molecule has 0 saturated carbocycles. The molecule has 53 heavy (non-hydrogen) atoms. The average Bonchev–Trinajstić information content (AvgIpc) is 3.11. The zero-order chi connectivity index (χ0) is 39.3. The number of carboxylic acids is 1. The van der Waals surface area contributed by atoms with E-state index in [0.29, 0.717) is 17.4 Å². The molecule has 0 fully saturated rings. The molecule has 304 valence electrons.